The smallest absolute Gasteiger partial charge is 0.252 e. The maximum Gasteiger partial charge on any atom is 0.252 e. The fourth-order valence-corrected chi connectivity index (χ4v) is 3.72. The Morgan fingerprint density at radius 2 is 1.93 bits per heavy atom. The SMILES string of the molecule is CN(c1ccc(Cl)c(C(=O)NCC2(O)CCCCC2)c1)c1nccnc1Cl. The van der Waals surface area contributed by atoms with E-state index in [9.17, 15) is 9.90 Å². The Morgan fingerprint density at radius 3 is 2.63 bits per heavy atom. The van der Waals surface area contributed by atoms with Crippen molar-refractivity contribution in [1.29, 1.82) is 0 Å². The van der Waals surface area contributed by atoms with Crippen LogP contribution in [0.5, 0.6) is 0 Å². The van der Waals surface area contributed by atoms with Gasteiger partial charge in [-0.05, 0) is 31.0 Å². The maximum atomic E-state index is 12.6. The zero-order chi connectivity index (χ0) is 19.4. The molecule has 8 heteroatoms. The summed E-state index contributed by atoms with van der Waals surface area (Å²) in [7, 11) is 1.78. The molecule has 1 heterocycles. The summed E-state index contributed by atoms with van der Waals surface area (Å²) in [4.78, 5) is 22.6. The summed E-state index contributed by atoms with van der Waals surface area (Å²) in [6, 6.07) is 5.11. The van der Waals surface area contributed by atoms with Crippen LogP contribution in [-0.2, 0) is 0 Å². The van der Waals surface area contributed by atoms with Gasteiger partial charge in [-0.25, -0.2) is 9.97 Å². The van der Waals surface area contributed by atoms with Crippen molar-refractivity contribution in [2.75, 3.05) is 18.5 Å². The molecular weight excluding hydrogens is 387 g/mol. The molecule has 2 N–H and O–H groups in total. The highest BCUT2D eigenvalue weighted by molar-refractivity contribution is 6.34. The van der Waals surface area contributed by atoms with E-state index in [1.165, 1.54) is 6.20 Å². The van der Waals surface area contributed by atoms with Crippen molar-refractivity contribution in [2.24, 2.45) is 0 Å². The van der Waals surface area contributed by atoms with Crippen molar-refractivity contribution in [3.05, 3.63) is 46.3 Å². The van der Waals surface area contributed by atoms with Gasteiger partial charge in [0.1, 0.15) is 0 Å². The summed E-state index contributed by atoms with van der Waals surface area (Å²) in [6.07, 6.45) is 7.55. The molecule has 0 saturated heterocycles. The molecule has 0 unspecified atom stereocenters. The average Bonchev–Trinajstić information content (AvgIpc) is 2.67. The molecule has 27 heavy (non-hydrogen) atoms. The number of aromatic nitrogens is 2. The maximum absolute atomic E-state index is 12.6. The molecule has 6 nitrogen and oxygen atoms in total. The van der Waals surface area contributed by atoms with Gasteiger partial charge < -0.3 is 15.3 Å². The number of hydrogen-bond acceptors (Lipinski definition) is 5. The molecule has 1 aliphatic rings. The molecule has 2 aromatic rings. The predicted octanol–water partition coefficient (Wildman–Crippen LogP) is 3.98. The minimum Gasteiger partial charge on any atom is -0.388 e. The van der Waals surface area contributed by atoms with Gasteiger partial charge in [-0.1, -0.05) is 42.5 Å². The average molecular weight is 409 g/mol. The van der Waals surface area contributed by atoms with Crippen LogP contribution in [0, 0.1) is 0 Å². The number of halogens is 2. The Balaban J connectivity index is 1.76. The Kier molecular flexibility index (Phi) is 6.19. The first-order valence-corrected chi connectivity index (χ1v) is 9.66. The Hall–Kier alpha value is -1.89. The highest BCUT2D eigenvalue weighted by Crippen LogP contribution is 2.30. The van der Waals surface area contributed by atoms with Gasteiger partial charge in [0.05, 0.1) is 16.2 Å². The van der Waals surface area contributed by atoms with Crippen LogP contribution in [0.2, 0.25) is 10.2 Å². The second-order valence-electron chi connectivity index (χ2n) is 6.86. The number of amides is 1. The number of nitrogens with one attached hydrogen (secondary N) is 1. The molecule has 1 aromatic carbocycles. The summed E-state index contributed by atoms with van der Waals surface area (Å²) < 4.78 is 0. The minimum absolute atomic E-state index is 0.220. The fraction of sp³-hybridized carbons (Fsp3) is 0.421. The highest BCUT2D eigenvalue weighted by atomic mass is 35.5. The third-order valence-corrected chi connectivity index (χ3v) is 5.49. The van der Waals surface area contributed by atoms with E-state index in [-0.39, 0.29) is 17.6 Å². The predicted molar refractivity (Wildman–Crippen MR) is 107 cm³/mol. The Morgan fingerprint density at radius 1 is 1.22 bits per heavy atom. The Labute approximate surface area is 168 Å². The van der Waals surface area contributed by atoms with Crippen LogP contribution in [0.25, 0.3) is 0 Å². The summed E-state index contributed by atoms with van der Waals surface area (Å²) in [5.74, 6) is 0.156. The monoisotopic (exact) mass is 408 g/mol. The molecule has 0 atom stereocenters. The van der Waals surface area contributed by atoms with Crippen molar-refractivity contribution < 1.29 is 9.90 Å². The van der Waals surface area contributed by atoms with Crippen LogP contribution in [0.3, 0.4) is 0 Å². The zero-order valence-corrected chi connectivity index (χ0v) is 16.6. The summed E-state index contributed by atoms with van der Waals surface area (Å²) in [5.41, 5.74) is 0.200. The van der Waals surface area contributed by atoms with E-state index in [2.05, 4.69) is 15.3 Å². The van der Waals surface area contributed by atoms with Crippen LogP contribution in [0.15, 0.2) is 30.6 Å². The van der Waals surface area contributed by atoms with E-state index >= 15 is 0 Å². The van der Waals surface area contributed by atoms with E-state index < -0.39 is 5.60 Å². The lowest BCUT2D eigenvalue weighted by atomic mass is 9.85. The fourth-order valence-electron chi connectivity index (χ4n) is 3.28. The molecule has 1 aliphatic carbocycles. The number of carbonyl (C=O) groups excluding carboxylic acids is 1. The zero-order valence-electron chi connectivity index (χ0n) is 15.1. The van der Waals surface area contributed by atoms with E-state index in [1.807, 2.05) is 0 Å². The number of rotatable bonds is 5. The highest BCUT2D eigenvalue weighted by Gasteiger charge is 2.29. The van der Waals surface area contributed by atoms with Crippen LogP contribution in [0.4, 0.5) is 11.5 Å². The molecule has 0 bridgehead atoms. The molecular formula is C19H22Cl2N4O2. The minimum atomic E-state index is -0.831. The largest absolute Gasteiger partial charge is 0.388 e. The van der Waals surface area contributed by atoms with E-state index in [0.29, 0.717) is 34.9 Å². The normalized spacial score (nSPS) is 16.0. The Bertz CT molecular complexity index is 825. The molecule has 3 rings (SSSR count). The van der Waals surface area contributed by atoms with Crippen LogP contribution < -0.4 is 10.2 Å². The first kappa shape index (κ1) is 19.9. The van der Waals surface area contributed by atoms with Crippen LogP contribution in [0.1, 0.15) is 42.5 Å². The second-order valence-corrected chi connectivity index (χ2v) is 7.63. The number of benzene rings is 1. The van der Waals surface area contributed by atoms with Gasteiger partial charge in [0, 0.05) is 31.7 Å². The first-order chi connectivity index (χ1) is 12.9. The lowest BCUT2D eigenvalue weighted by Gasteiger charge is -2.32. The van der Waals surface area contributed by atoms with Crippen molar-refractivity contribution >= 4 is 40.6 Å². The molecule has 1 saturated carbocycles. The van der Waals surface area contributed by atoms with E-state index in [4.69, 9.17) is 23.2 Å². The van der Waals surface area contributed by atoms with Crippen molar-refractivity contribution in [3.8, 4) is 0 Å². The molecule has 144 valence electrons. The van der Waals surface area contributed by atoms with E-state index in [1.54, 1.807) is 36.3 Å². The van der Waals surface area contributed by atoms with Crippen LogP contribution >= 0.6 is 23.2 Å². The van der Waals surface area contributed by atoms with Gasteiger partial charge in [0.15, 0.2) is 11.0 Å². The van der Waals surface area contributed by atoms with Gasteiger partial charge in [0.25, 0.3) is 5.91 Å². The number of carbonyl (C=O) groups is 1. The van der Waals surface area contributed by atoms with Gasteiger partial charge in [-0.3, -0.25) is 4.79 Å². The van der Waals surface area contributed by atoms with Crippen molar-refractivity contribution in [3.63, 3.8) is 0 Å². The standard InChI is InChI=1S/C19H22Cl2N4O2/c1-25(17-16(21)22-9-10-23-17)13-5-6-15(20)14(11-13)18(26)24-12-19(27)7-3-2-4-8-19/h5-6,9-11,27H,2-4,7-8,12H2,1H3,(H,24,26). The number of aliphatic hydroxyl groups is 1. The number of anilines is 2. The summed E-state index contributed by atoms with van der Waals surface area (Å²) in [6.45, 7) is 0.220. The van der Waals surface area contributed by atoms with Crippen LogP contribution in [-0.4, -0.2) is 40.2 Å². The van der Waals surface area contributed by atoms with Gasteiger partial charge in [-0.15, -0.1) is 0 Å². The molecule has 0 radical (unpaired) electrons. The molecule has 1 amide bonds. The molecule has 0 spiro atoms. The van der Waals surface area contributed by atoms with Gasteiger partial charge in [-0.2, -0.15) is 0 Å². The van der Waals surface area contributed by atoms with E-state index in [0.717, 1.165) is 19.3 Å². The first-order valence-electron chi connectivity index (χ1n) is 8.90. The van der Waals surface area contributed by atoms with Crippen molar-refractivity contribution in [2.45, 2.75) is 37.7 Å². The third-order valence-electron chi connectivity index (χ3n) is 4.90. The third kappa shape index (κ3) is 4.69. The lowest BCUT2D eigenvalue weighted by molar-refractivity contribution is 0.00526. The molecule has 1 fully saturated rings. The summed E-state index contributed by atoms with van der Waals surface area (Å²) >= 11 is 12.3. The molecule has 1 aromatic heterocycles. The summed E-state index contributed by atoms with van der Waals surface area (Å²) in [5, 5.41) is 14.0. The lowest BCUT2D eigenvalue weighted by Crippen LogP contribution is -2.44. The topological polar surface area (TPSA) is 78.4 Å². The van der Waals surface area contributed by atoms with Gasteiger partial charge in [0.2, 0.25) is 0 Å². The number of hydrogen-bond donors (Lipinski definition) is 2. The molecule has 0 aliphatic heterocycles. The van der Waals surface area contributed by atoms with Gasteiger partial charge >= 0.3 is 0 Å². The number of nitrogens with zero attached hydrogens (tertiary/aromatic N) is 3. The second kappa shape index (κ2) is 8.42. The quantitative estimate of drug-likeness (QED) is 0.781. The van der Waals surface area contributed by atoms with Crippen molar-refractivity contribution in [1.82, 2.24) is 15.3 Å².